The van der Waals surface area contributed by atoms with Crippen molar-refractivity contribution in [3.63, 3.8) is 0 Å². The molecule has 2 rings (SSSR count). The molecule has 1 heterocycles. The lowest BCUT2D eigenvalue weighted by Gasteiger charge is -2.13. The first kappa shape index (κ1) is 14.1. The molecule has 0 aliphatic rings. The lowest BCUT2D eigenvalue weighted by atomic mass is 10.1. The molecule has 0 radical (unpaired) electrons. The van der Waals surface area contributed by atoms with Crippen LogP contribution >= 0.6 is 0 Å². The number of benzene rings is 1. The summed E-state index contributed by atoms with van der Waals surface area (Å²) >= 11 is 0. The summed E-state index contributed by atoms with van der Waals surface area (Å²) in [5.41, 5.74) is 5.10. The van der Waals surface area contributed by atoms with Crippen molar-refractivity contribution in [2.75, 3.05) is 12.4 Å². The third-order valence-electron chi connectivity index (χ3n) is 3.19. The number of nitrogens with one attached hydrogen (secondary N) is 1. The van der Waals surface area contributed by atoms with Crippen LogP contribution in [0.1, 0.15) is 16.7 Å². The third kappa shape index (κ3) is 3.35. The fourth-order valence-corrected chi connectivity index (χ4v) is 1.89. The van der Waals surface area contributed by atoms with Crippen molar-refractivity contribution in [1.29, 1.82) is 0 Å². The van der Waals surface area contributed by atoms with Crippen LogP contribution in [0.25, 0.3) is 0 Å². The van der Waals surface area contributed by atoms with Crippen molar-refractivity contribution in [3.05, 3.63) is 53.3 Å². The summed E-state index contributed by atoms with van der Waals surface area (Å²) in [5.74, 6) is -0.239. The van der Waals surface area contributed by atoms with Crippen LogP contribution in [0.3, 0.4) is 0 Å². The Morgan fingerprint density at radius 1 is 1.20 bits per heavy atom. The molecule has 4 nitrogen and oxygen atoms in total. The Labute approximate surface area is 118 Å². The van der Waals surface area contributed by atoms with Gasteiger partial charge in [-0.1, -0.05) is 12.1 Å². The Kier molecular flexibility index (Phi) is 4.35. The minimum absolute atomic E-state index is 0.239. The number of aryl methyl sites for hydroxylation is 2. The zero-order valence-corrected chi connectivity index (χ0v) is 11.9. The van der Waals surface area contributed by atoms with E-state index in [1.165, 1.54) is 7.11 Å². The second kappa shape index (κ2) is 6.19. The first-order valence-electron chi connectivity index (χ1n) is 6.44. The summed E-state index contributed by atoms with van der Waals surface area (Å²) in [6, 6.07) is 7.86. The van der Waals surface area contributed by atoms with E-state index in [1.807, 2.05) is 38.1 Å². The number of methoxy groups -OCH3 is 1. The quantitative estimate of drug-likeness (QED) is 0.867. The molecule has 0 amide bonds. The largest absolute Gasteiger partial charge is 0.469 e. The average Bonchev–Trinajstić information content (AvgIpc) is 2.44. The maximum absolute atomic E-state index is 11.3. The first-order chi connectivity index (χ1) is 9.60. The number of aromatic nitrogens is 1. The number of nitrogens with zero attached hydrogens (tertiary/aromatic N) is 1. The second-order valence-electron chi connectivity index (χ2n) is 4.72. The summed E-state index contributed by atoms with van der Waals surface area (Å²) in [5, 5.41) is 3.36. The summed E-state index contributed by atoms with van der Waals surface area (Å²) in [6.07, 6.45) is 3.83. The molecule has 0 atom stereocenters. The van der Waals surface area contributed by atoms with Gasteiger partial charge < -0.3 is 10.1 Å². The SMILES string of the molecule is COC(=O)Cc1ccc(C)c(Nc2cnccc2C)c1. The maximum atomic E-state index is 11.3. The van der Waals surface area contributed by atoms with E-state index in [2.05, 4.69) is 10.3 Å². The Balaban J connectivity index is 2.25. The fraction of sp³-hybridized carbons (Fsp3) is 0.250. The lowest BCUT2D eigenvalue weighted by Crippen LogP contribution is -2.05. The van der Waals surface area contributed by atoms with Gasteiger partial charge in [0.1, 0.15) is 0 Å². The van der Waals surface area contributed by atoms with Crippen LogP contribution in [0.5, 0.6) is 0 Å². The number of rotatable bonds is 4. The molecule has 2 aromatic rings. The average molecular weight is 270 g/mol. The predicted molar refractivity (Wildman–Crippen MR) is 79.2 cm³/mol. The Hall–Kier alpha value is -2.36. The van der Waals surface area contributed by atoms with E-state index in [4.69, 9.17) is 4.74 Å². The van der Waals surface area contributed by atoms with Gasteiger partial charge in [0.2, 0.25) is 0 Å². The van der Waals surface area contributed by atoms with Gasteiger partial charge in [-0.15, -0.1) is 0 Å². The molecule has 1 aromatic heterocycles. The Morgan fingerprint density at radius 3 is 2.65 bits per heavy atom. The molecule has 20 heavy (non-hydrogen) atoms. The molecular weight excluding hydrogens is 252 g/mol. The summed E-state index contributed by atoms with van der Waals surface area (Å²) < 4.78 is 4.69. The number of esters is 1. The van der Waals surface area contributed by atoms with Crippen LogP contribution in [0.2, 0.25) is 0 Å². The molecule has 104 valence electrons. The fourth-order valence-electron chi connectivity index (χ4n) is 1.89. The van der Waals surface area contributed by atoms with Crippen LogP contribution in [0.15, 0.2) is 36.7 Å². The molecule has 1 aromatic carbocycles. The summed E-state index contributed by atoms with van der Waals surface area (Å²) in [4.78, 5) is 15.5. The Bertz CT molecular complexity index is 624. The van der Waals surface area contributed by atoms with E-state index in [9.17, 15) is 4.79 Å². The predicted octanol–water partition coefficient (Wildman–Crippen LogP) is 3.16. The van der Waals surface area contributed by atoms with Crippen LogP contribution < -0.4 is 5.32 Å². The van der Waals surface area contributed by atoms with Gasteiger partial charge in [0.05, 0.1) is 25.4 Å². The zero-order chi connectivity index (χ0) is 14.5. The number of ether oxygens (including phenoxy) is 1. The van der Waals surface area contributed by atoms with Crippen LogP contribution in [-0.4, -0.2) is 18.1 Å². The van der Waals surface area contributed by atoms with Gasteiger partial charge in [-0.2, -0.15) is 0 Å². The van der Waals surface area contributed by atoms with Gasteiger partial charge in [0, 0.05) is 11.9 Å². The highest BCUT2D eigenvalue weighted by Gasteiger charge is 2.07. The van der Waals surface area contributed by atoms with E-state index in [0.717, 1.165) is 28.1 Å². The number of anilines is 2. The second-order valence-corrected chi connectivity index (χ2v) is 4.72. The van der Waals surface area contributed by atoms with Crippen molar-refractivity contribution >= 4 is 17.3 Å². The summed E-state index contributed by atoms with van der Waals surface area (Å²) in [6.45, 7) is 4.05. The molecule has 1 N–H and O–H groups in total. The normalized spacial score (nSPS) is 10.2. The van der Waals surface area contributed by atoms with Crippen molar-refractivity contribution in [1.82, 2.24) is 4.98 Å². The number of hydrogen-bond donors (Lipinski definition) is 1. The smallest absolute Gasteiger partial charge is 0.309 e. The highest BCUT2D eigenvalue weighted by atomic mass is 16.5. The van der Waals surface area contributed by atoms with E-state index >= 15 is 0 Å². The minimum atomic E-state index is -0.239. The van der Waals surface area contributed by atoms with Crippen LogP contribution in [0.4, 0.5) is 11.4 Å². The van der Waals surface area contributed by atoms with Gasteiger partial charge >= 0.3 is 5.97 Å². The van der Waals surface area contributed by atoms with Crippen LogP contribution in [0, 0.1) is 13.8 Å². The van der Waals surface area contributed by atoms with Crippen molar-refractivity contribution in [2.45, 2.75) is 20.3 Å². The molecule has 0 bridgehead atoms. The van der Waals surface area contributed by atoms with Gasteiger partial charge in [0.25, 0.3) is 0 Å². The highest BCUT2D eigenvalue weighted by Crippen LogP contribution is 2.23. The van der Waals surface area contributed by atoms with Gasteiger partial charge in [0.15, 0.2) is 0 Å². The maximum Gasteiger partial charge on any atom is 0.309 e. The molecule has 0 fully saturated rings. The van der Waals surface area contributed by atoms with Gasteiger partial charge in [-0.3, -0.25) is 9.78 Å². The van der Waals surface area contributed by atoms with Gasteiger partial charge in [-0.25, -0.2) is 0 Å². The zero-order valence-electron chi connectivity index (χ0n) is 11.9. The van der Waals surface area contributed by atoms with Crippen molar-refractivity contribution < 1.29 is 9.53 Å². The molecule has 0 saturated heterocycles. The third-order valence-corrected chi connectivity index (χ3v) is 3.19. The standard InChI is InChI=1S/C16H18N2O2/c1-11-4-5-13(9-16(19)20-3)8-14(11)18-15-10-17-7-6-12(15)2/h4-8,10,18H,9H2,1-3H3. The van der Waals surface area contributed by atoms with Gasteiger partial charge in [-0.05, 0) is 42.7 Å². The number of pyridine rings is 1. The van der Waals surface area contributed by atoms with Crippen molar-refractivity contribution in [3.8, 4) is 0 Å². The molecule has 4 heteroatoms. The highest BCUT2D eigenvalue weighted by molar-refractivity contribution is 5.74. The Morgan fingerprint density at radius 2 is 1.95 bits per heavy atom. The molecule has 0 aliphatic carbocycles. The van der Waals surface area contributed by atoms with Crippen LogP contribution in [-0.2, 0) is 16.0 Å². The number of hydrogen-bond acceptors (Lipinski definition) is 4. The molecule has 0 saturated carbocycles. The van der Waals surface area contributed by atoms with E-state index < -0.39 is 0 Å². The molecule has 0 unspecified atom stereocenters. The van der Waals surface area contributed by atoms with E-state index in [1.54, 1.807) is 12.4 Å². The number of carbonyl (C=O) groups is 1. The lowest BCUT2D eigenvalue weighted by molar-refractivity contribution is -0.139. The number of carbonyl (C=O) groups excluding carboxylic acids is 1. The minimum Gasteiger partial charge on any atom is -0.469 e. The molecule has 0 spiro atoms. The monoisotopic (exact) mass is 270 g/mol. The molecular formula is C16H18N2O2. The van der Waals surface area contributed by atoms with Crippen molar-refractivity contribution in [2.24, 2.45) is 0 Å². The van der Waals surface area contributed by atoms with E-state index in [0.29, 0.717) is 0 Å². The molecule has 0 aliphatic heterocycles. The first-order valence-corrected chi connectivity index (χ1v) is 6.44. The topological polar surface area (TPSA) is 51.2 Å². The van der Waals surface area contributed by atoms with E-state index in [-0.39, 0.29) is 12.4 Å². The summed E-state index contributed by atoms with van der Waals surface area (Å²) in [7, 11) is 1.40.